The Bertz CT molecular complexity index is 404. The molecule has 0 radical (unpaired) electrons. The number of nitrogens with zero attached hydrogens (tertiary/aromatic N) is 1. The number of rotatable bonds is 6. The molecule has 0 aromatic carbocycles. The monoisotopic (exact) mass is 251 g/mol. The summed E-state index contributed by atoms with van der Waals surface area (Å²) >= 11 is 0. The molecule has 0 saturated heterocycles. The molecule has 1 unspecified atom stereocenters. The molecule has 5 heteroatoms. The van der Waals surface area contributed by atoms with Crippen molar-refractivity contribution in [3.05, 3.63) is 17.0 Å². The van der Waals surface area contributed by atoms with Crippen LogP contribution in [0.25, 0.3) is 0 Å². The van der Waals surface area contributed by atoms with Crippen molar-refractivity contribution in [1.82, 2.24) is 15.8 Å². The molecule has 1 amide bonds. The van der Waals surface area contributed by atoms with E-state index in [0.717, 1.165) is 23.6 Å². The van der Waals surface area contributed by atoms with Crippen molar-refractivity contribution >= 4 is 5.91 Å². The van der Waals surface area contributed by atoms with Crippen LogP contribution < -0.4 is 10.6 Å². The van der Waals surface area contributed by atoms with Crippen LogP contribution in [0.1, 0.15) is 42.8 Å². The molecule has 0 spiro atoms. The molecule has 18 heavy (non-hydrogen) atoms. The van der Waals surface area contributed by atoms with Gasteiger partial charge in [-0.05, 0) is 39.5 Å². The topological polar surface area (TPSA) is 67.2 Å². The fourth-order valence-corrected chi connectivity index (χ4v) is 2.10. The van der Waals surface area contributed by atoms with Crippen molar-refractivity contribution in [2.45, 2.75) is 39.7 Å². The van der Waals surface area contributed by atoms with Crippen LogP contribution in [0.2, 0.25) is 0 Å². The van der Waals surface area contributed by atoms with Gasteiger partial charge in [0.05, 0.1) is 12.2 Å². The molecule has 1 saturated carbocycles. The zero-order chi connectivity index (χ0) is 13.1. The molecule has 1 aromatic rings. The summed E-state index contributed by atoms with van der Waals surface area (Å²) < 4.78 is 5.12. The predicted molar refractivity (Wildman–Crippen MR) is 68.1 cm³/mol. The van der Waals surface area contributed by atoms with Gasteiger partial charge in [-0.25, -0.2) is 0 Å². The number of carbonyl (C=O) groups excluding carboxylic acids is 1. The number of nitrogens with one attached hydrogen (secondary N) is 2. The summed E-state index contributed by atoms with van der Waals surface area (Å²) in [6.07, 6.45) is 2.51. The SMILES string of the molecule is Cc1noc(C)c1C(C)NCC(=O)NCC1CC1. The van der Waals surface area contributed by atoms with Crippen LogP contribution in [0.15, 0.2) is 4.52 Å². The summed E-state index contributed by atoms with van der Waals surface area (Å²) in [7, 11) is 0. The Labute approximate surface area is 107 Å². The van der Waals surface area contributed by atoms with Crippen LogP contribution in [0.5, 0.6) is 0 Å². The number of aryl methyl sites for hydroxylation is 2. The van der Waals surface area contributed by atoms with E-state index in [1.807, 2.05) is 20.8 Å². The lowest BCUT2D eigenvalue weighted by Crippen LogP contribution is -2.36. The van der Waals surface area contributed by atoms with Gasteiger partial charge < -0.3 is 15.2 Å². The van der Waals surface area contributed by atoms with Crippen LogP contribution >= 0.6 is 0 Å². The molecule has 2 N–H and O–H groups in total. The number of hydrogen-bond acceptors (Lipinski definition) is 4. The molecular formula is C13H21N3O2. The quantitative estimate of drug-likeness (QED) is 0.803. The van der Waals surface area contributed by atoms with Crippen molar-refractivity contribution in [2.24, 2.45) is 5.92 Å². The van der Waals surface area contributed by atoms with Crippen molar-refractivity contribution < 1.29 is 9.32 Å². The third kappa shape index (κ3) is 3.32. The number of aromatic nitrogens is 1. The first-order valence-electron chi connectivity index (χ1n) is 6.50. The molecule has 1 aliphatic carbocycles. The second kappa shape index (κ2) is 5.52. The first kappa shape index (κ1) is 13.1. The first-order valence-corrected chi connectivity index (χ1v) is 6.50. The van der Waals surface area contributed by atoms with Gasteiger partial charge in [-0.3, -0.25) is 4.79 Å². The predicted octanol–water partition coefficient (Wildman–Crippen LogP) is 1.47. The Balaban J connectivity index is 1.76. The van der Waals surface area contributed by atoms with Gasteiger partial charge >= 0.3 is 0 Å². The molecule has 100 valence electrons. The Morgan fingerprint density at radius 2 is 2.22 bits per heavy atom. The molecule has 1 aromatic heterocycles. The fourth-order valence-electron chi connectivity index (χ4n) is 2.10. The third-order valence-corrected chi connectivity index (χ3v) is 3.38. The second-order valence-electron chi connectivity index (χ2n) is 5.09. The van der Waals surface area contributed by atoms with E-state index in [2.05, 4.69) is 15.8 Å². The average Bonchev–Trinajstić information content (AvgIpc) is 3.10. The maximum Gasteiger partial charge on any atom is 0.233 e. The zero-order valence-corrected chi connectivity index (χ0v) is 11.2. The molecule has 1 heterocycles. The van der Waals surface area contributed by atoms with Crippen molar-refractivity contribution in [1.29, 1.82) is 0 Å². The molecule has 0 aliphatic heterocycles. The third-order valence-electron chi connectivity index (χ3n) is 3.38. The van der Waals surface area contributed by atoms with Crippen molar-refractivity contribution in [3.8, 4) is 0 Å². The van der Waals surface area contributed by atoms with Gasteiger partial charge in [-0.15, -0.1) is 0 Å². The highest BCUT2D eigenvalue weighted by atomic mass is 16.5. The Morgan fingerprint density at radius 1 is 1.50 bits per heavy atom. The maximum atomic E-state index is 11.6. The van der Waals surface area contributed by atoms with Gasteiger partial charge in [0.2, 0.25) is 5.91 Å². The number of carbonyl (C=O) groups is 1. The number of hydrogen-bond donors (Lipinski definition) is 2. The lowest BCUT2D eigenvalue weighted by atomic mass is 10.1. The van der Waals surface area contributed by atoms with Gasteiger partial charge in [0.15, 0.2) is 0 Å². The van der Waals surface area contributed by atoms with Crippen molar-refractivity contribution in [2.75, 3.05) is 13.1 Å². The summed E-state index contributed by atoms with van der Waals surface area (Å²) in [5.74, 6) is 1.58. The minimum absolute atomic E-state index is 0.0560. The largest absolute Gasteiger partial charge is 0.361 e. The fraction of sp³-hybridized carbons (Fsp3) is 0.692. The van der Waals surface area contributed by atoms with E-state index in [4.69, 9.17) is 4.52 Å². The number of amides is 1. The molecule has 5 nitrogen and oxygen atoms in total. The lowest BCUT2D eigenvalue weighted by Gasteiger charge is -2.13. The Morgan fingerprint density at radius 3 is 2.78 bits per heavy atom. The normalized spacial score (nSPS) is 16.6. The second-order valence-corrected chi connectivity index (χ2v) is 5.09. The maximum absolute atomic E-state index is 11.6. The van der Waals surface area contributed by atoms with Crippen LogP contribution in [0.4, 0.5) is 0 Å². The molecule has 0 bridgehead atoms. The van der Waals surface area contributed by atoms with E-state index in [0.29, 0.717) is 12.5 Å². The summed E-state index contributed by atoms with van der Waals surface area (Å²) in [5, 5.41) is 10.0. The van der Waals surface area contributed by atoms with Gasteiger partial charge in [0, 0.05) is 18.2 Å². The minimum atomic E-state index is 0.0560. The summed E-state index contributed by atoms with van der Waals surface area (Å²) in [6, 6.07) is 0.0722. The van der Waals surface area contributed by atoms with E-state index in [1.165, 1.54) is 12.8 Å². The van der Waals surface area contributed by atoms with Crippen LogP contribution in [0, 0.1) is 19.8 Å². The van der Waals surface area contributed by atoms with Gasteiger partial charge in [0.1, 0.15) is 5.76 Å². The van der Waals surface area contributed by atoms with Gasteiger partial charge in [-0.1, -0.05) is 5.16 Å². The average molecular weight is 251 g/mol. The highest BCUT2D eigenvalue weighted by molar-refractivity contribution is 5.78. The van der Waals surface area contributed by atoms with Crippen molar-refractivity contribution in [3.63, 3.8) is 0 Å². The zero-order valence-electron chi connectivity index (χ0n) is 11.2. The Hall–Kier alpha value is -1.36. The van der Waals surface area contributed by atoms with E-state index in [1.54, 1.807) is 0 Å². The summed E-state index contributed by atoms with van der Waals surface area (Å²) in [6.45, 7) is 6.97. The van der Waals surface area contributed by atoms with Crippen LogP contribution in [-0.2, 0) is 4.79 Å². The summed E-state index contributed by atoms with van der Waals surface area (Å²) in [4.78, 5) is 11.6. The standard InChI is InChI=1S/C13H21N3O2/c1-8(13-9(2)16-18-10(13)3)14-7-12(17)15-6-11-4-5-11/h8,11,14H,4-7H2,1-3H3,(H,15,17). The molecule has 1 fully saturated rings. The van der Waals surface area contributed by atoms with Gasteiger partial charge in [-0.2, -0.15) is 0 Å². The minimum Gasteiger partial charge on any atom is -0.361 e. The molecular weight excluding hydrogens is 230 g/mol. The van der Waals surface area contributed by atoms with E-state index in [9.17, 15) is 4.79 Å². The van der Waals surface area contributed by atoms with Crippen LogP contribution in [-0.4, -0.2) is 24.2 Å². The molecule has 1 aliphatic rings. The van der Waals surface area contributed by atoms with E-state index in [-0.39, 0.29) is 11.9 Å². The van der Waals surface area contributed by atoms with Gasteiger partial charge in [0.25, 0.3) is 0 Å². The smallest absolute Gasteiger partial charge is 0.233 e. The molecule has 1 atom stereocenters. The first-order chi connectivity index (χ1) is 8.58. The highest BCUT2D eigenvalue weighted by Gasteiger charge is 2.22. The van der Waals surface area contributed by atoms with E-state index < -0.39 is 0 Å². The summed E-state index contributed by atoms with van der Waals surface area (Å²) in [5.41, 5.74) is 1.93. The Kier molecular flexibility index (Phi) is 4.01. The highest BCUT2D eigenvalue weighted by Crippen LogP contribution is 2.27. The van der Waals surface area contributed by atoms with Crippen LogP contribution in [0.3, 0.4) is 0 Å². The molecule has 2 rings (SSSR count). The lowest BCUT2D eigenvalue weighted by molar-refractivity contribution is -0.120. The van der Waals surface area contributed by atoms with E-state index >= 15 is 0 Å².